The lowest BCUT2D eigenvalue weighted by Gasteiger charge is -2.16. The zero-order chi connectivity index (χ0) is 19.4. The number of carbonyl (C=O) groups is 3. The van der Waals surface area contributed by atoms with E-state index in [0.717, 1.165) is 36.4 Å². The van der Waals surface area contributed by atoms with Gasteiger partial charge in [0.2, 0.25) is 5.78 Å². The molecule has 0 saturated heterocycles. The first-order valence-corrected chi connectivity index (χ1v) is 7.24. The normalized spacial score (nSPS) is 16.7. The van der Waals surface area contributed by atoms with Crippen LogP contribution in [0.5, 0.6) is 11.5 Å². The van der Waals surface area contributed by atoms with Gasteiger partial charge in [-0.2, -0.15) is 0 Å². The minimum Gasteiger partial charge on any atom is -0.504 e. The van der Waals surface area contributed by atoms with Gasteiger partial charge in [0.1, 0.15) is 5.92 Å². The third kappa shape index (κ3) is 3.99. The summed E-state index contributed by atoms with van der Waals surface area (Å²) in [6.07, 6.45) is 6.38. The first-order valence-electron chi connectivity index (χ1n) is 7.24. The number of benzene rings is 1. The number of carboxylic acids is 2. The smallest absolute Gasteiger partial charge is 0.328 e. The molecule has 2 rings (SSSR count). The molecule has 0 aromatic heterocycles. The number of rotatable bonds is 5. The molecular formula is C18H14O8. The van der Waals surface area contributed by atoms with E-state index in [0.29, 0.717) is 0 Å². The van der Waals surface area contributed by atoms with E-state index in [1.165, 1.54) is 12.1 Å². The van der Waals surface area contributed by atoms with E-state index >= 15 is 0 Å². The molecule has 1 atom stereocenters. The first kappa shape index (κ1) is 18.5. The van der Waals surface area contributed by atoms with Crippen LogP contribution in [0.1, 0.15) is 17.0 Å². The molecule has 134 valence electrons. The molecule has 8 heteroatoms. The number of hydrogen-bond acceptors (Lipinski definition) is 6. The average molecular weight is 358 g/mol. The Labute approximate surface area is 147 Å². The van der Waals surface area contributed by atoms with Gasteiger partial charge >= 0.3 is 11.9 Å². The Hall–Kier alpha value is -3.81. The summed E-state index contributed by atoms with van der Waals surface area (Å²) in [5.74, 6) is -6.69. The van der Waals surface area contributed by atoms with Gasteiger partial charge < -0.3 is 25.5 Å². The number of phenolic OH excluding ortho intramolecular Hbond substituents is 2. The van der Waals surface area contributed by atoms with Crippen molar-refractivity contribution < 1.29 is 39.9 Å². The predicted octanol–water partition coefficient (Wildman–Crippen LogP) is 1.87. The summed E-state index contributed by atoms with van der Waals surface area (Å²) in [6, 6.07) is 2.35. The van der Waals surface area contributed by atoms with Crippen molar-refractivity contribution >= 4 is 23.8 Å². The SMILES string of the molecule is O=C(O)/C=C/c1ccc(O)c(O)c1[C@H](/C=C1/C=CC(=O)C(O)=C1)C(=O)O. The van der Waals surface area contributed by atoms with Crippen LogP contribution in [0.25, 0.3) is 6.08 Å². The summed E-state index contributed by atoms with van der Waals surface area (Å²) < 4.78 is 0. The van der Waals surface area contributed by atoms with E-state index in [4.69, 9.17) is 5.11 Å². The molecule has 0 fully saturated rings. The molecule has 0 unspecified atom stereocenters. The minimum atomic E-state index is -1.49. The van der Waals surface area contributed by atoms with Gasteiger partial charge in [-0.05, 0) is 35.4 Å². The Balaban J connectivity index is 2.63. The lowest BCUT2D eigenvalue weighted by molar-refractivity contribution is -0.137. The third-order valence-corrected chi connectivity index (χ3v) is 3.55. The van der Waals surface area contributed by atoms with Gasteiger partial charge in [0.15, 0.2) is 17.3 Å². The highest BCUT2D eigenvalue weighted by atomic mass is 16.4. The molecule has 0 heterocycles. The fraction of sp³-hybridized carbons (Fsp3) is 0.0556. The monoisotopic (exact) mass is 358 g/mol. The number of carbonyl (C=O) groups excluding carboxylic acids is 1. The van der Waals surface area contributed by atoms with E-state index in [1.807, 2.05) is 0 Å². The van der Waals surface area contributed by atoms with Crippen molar-refractivity contribution in [2.24, 2.45) is 0 Å². The fourth-order valence-corrected chi connectivity index (χ4v) is 2.35. The molecule has 0 bridgehead atoms. The quantitative estimate of drug-likeness (QED) is 0.395. The molecule has 8 nitrogen and oxygen atoms in total. The zero-order valence-electron chi connectivity index (χ0n) is 13.2. The van der Waals surface area contributed by atoms with Crippen molar-refractivity contribution in [3.63, 3.8) is 0 Å². The molecule has 1 aromatic carbocycles. The molecule has 0 saturated carbocycles. The van der Waals surface area contributed by atoms with Crippen LogP contribution in [0.15, 0.2) is 53.8 Å². The topological polar surface area (TPSA) is 152 Å². The summed E-state index contributed by atoms with van der Waals surface area (Å²) in [5, 5.41) is 47.6. The van der Waals surface area contributed by atoms with Crippen LogP contribution in [-0.2, 0) is 14.4 Å². The molecule has 26 heavy (non-hydrogen) atoms. The summed E-state index contributed by atoms with van der Waals surface area (Å²) >= 11 is 0. The first-order chi connectivity index (χ1) is 12.2. The van der Waals surface area contributed by atoms with Crippen LogP contribution < -0.4 is 0 Å². The molecule has 1 aromatic rings. The average Bonchev–Trinajstić information content (AvgIpc) is 2.57. The van der Waals surface area contributed by atoms with E-state index in [2.05, 4.69) is 0 Å². The van der Waals surface area contributed by atoms with Crippen LogP contribution in [0, 0.1) is 0 Å². The zero-order valence-corrected chi connectivity index (χ0v) is 13.2. The van der Waals surface area contributed by atoms with Gasteiger partial charge in [-0.3, -0.25) is 9.59 Å². The van der Waals surface area contributed by atoms with Gasteiger partial charge in [-0.25, -0.2) is 4.79 Å². The second kappa shape index (κ2) is 7.39. The number of phenols is 2. The number of hydrogen-bond donors (Lipinski definition) is 5. The number of aliphatic carboxylic acids is 2. The molecular weight excluding hydrogens is 344 g/mol. The van der Waals surface area contributed by atoms with Gasteiger partial charge in [0.05, 0.1) is 0 Å². The van der Waals surface area contributed by atoms with Crippen molar-refractivity contribution in [3.05, 3.63) is 65.0 Å². The number of aliphatic hydroxyl groups is 1. The number of carboxylic acid groups (broad SMARTS) is 2. The molecule has 0 amide bonds. The van der Waals surface area contributed by atoms with Gasteiger partial charge in [-0.1, -0.05) is 18.2 Å². The molecule has 5 N–H and O–H groups in total. The van der Waals surface area contributed by atoms with Gasteiger partial charge in [0.25, 0.3) is 0 Å². The Kier molecular flexibility index (Phi) is 5.27. The van der Waals surface area contributed by atoms with Crippen molar-refractivity contribution in [1.29, 1.82) is 0 Å². The summed E-state index contributed by atoms with van der Waals surface area (Å²) in [4.78, 5) is 33.7. The van der Waals surface area contributed by atoms with Gasteiger partial charge in [-0.15, -0.1) is 0 Å². The maximum absolute atomic E-state index is 11.7. The van der Waals surface area contributed by atoms with E-state index in [-0.39, 0.29) is 16.7 Å². The van der Waals surface area contributed by atoms with Crippen LogP contribution in [0.3, 0.4) is 0 Å². The van der Waals surface area contributed by atoms with E-state index < -0.39 is 40.9 Å². The maximum Gasteiger partial charge on any atom is 0.328 e. The highest BCUT2D eigenvalue weighted by molar-refractivity contribution is 6.04. The molecule has 1 aliphatic carbocycles. The number of allylic oxidation sites excluding steroid dienone is 4. The van der Waals surface area contributed by atoms with Crippen molar-refractivity contribution in [1.82, 2.24) is 0 Å². The number of aromatic hydroxyl groups is 2. The van der Waals surface area contributed by atoms with Gasteiger partial charge in [0, 0.05) is 11.6 Å². The minimum absolute atomic E-state index is 0.0658. The Morgan fingerprint density at radius 1 is 1.04 bits per heavy atom. The van der Waals surface area contributed by atoms with Crippen molar-refractivity contribution in [2.45, 2.75) is 5.92 Å². The van der Waals surface area contributed by atoms with E-state index in [9.17, 15) is 34.8 Å². The highest BCUT2D eigenvalue weighted by Gasteiger charge is 2.26. The van der Waals surface area contributed by atoms with Crippen LogP contribution in [0.4, 0.5) is 0 Å². The largest absolute Gasteiger partial charge is 0.504 e. The van der Waals surface area contributed by atoms with Crippen molar-refractivity contribution in [2.75, 3.05) is 0 Å². The summed E-state index contributed by atoms with van der Waals surface area (Å²) in [5.41, 5.74) is 0.0158. The van der Waals surface area contributed by atoms with E-state index in [1.54, 1.807) is 0 Å². The molecule has 0 spiro atoms. The maximum atomic E-state index is 11.7. The number of ketones is 1. The Morgan fingerprint density at radius 2 is 1.73 bits per heavy atom. The van der Waals surface area contributed by atoms with Crippen molar-refractivity contribution in [3.8, 4) is 11.5 Å². The Morgan fingerprint density at radius 3 is 2.31 bits per heavy atom. The molecule has 1 aliphatic rings. The molecule has 0 radical (unpaired) electrons. The predicted molar refractivity (Wildman–Crippen MR) is 89.8 cm³/mol. The summed E-state index contributed by atoms with van der Waals surface area (Å²) in [7, 11) is 0. The lowest BCUT2D eigenvalue weighted by Crippen LogP contribution is -2.12. The van der Waals surface area contributed by atoms with Crippen LogP contribution >= 0.6 is 0 Å². The number of aliphatic hydroxyl groups excluding tert-OH is 1. The highest BCUT2D eigenvalue weighted by Crippen LogP contribution is 2.38. The summed E-state index contributed by atoms with van der Waals surface area (Å²) in [6.45, 7) is 0. The Bertz CT molecular complexity index is 902. The molecule has 0 aliphatic heterocycles. The lowest BCUT2D eigenvalue weighted by atomic mass is 9.89. The van der Waals surface area contributed by atoms with Crippen LogP contribution in [0.2, 0.25) is 0 Å². The third-order valence-electron chi connectivity index (χ3n) is 3.55. The second-order valence-electron chi connectivity index (χ2n) is 5.32. The fourth-order valence-electron chi connectivity index (χ4n) is 2.35. The second-order valence-corrected chi connectivity index (χ2v) is 5.32. The standard InChI is InChI=1S/C18H14O8/c19-12-4-1-9(8-14(12)21)7-11(18(25)26)16-10(3-6-15(22)23)2-5-13(20)17(16)24/h1-8,11,20-21,24H,(H,22,23)(H,25,26)/b6-3+,9-7-/t11-/m0/s1. The van der Waals surface area contributed by atoms with Crippen LogP contribution in [-0.4, -0.2) is 43.3 Å².